The van der Waals surface area contributed by atoms with Crippen LogP contribution in [0.3, 0.4) is 0 Å². The molecule has 0 aliphatic carbocycles. The number of nitrogens with zero attached hydrogens (tertiary/aromatic N) is 1. The largest absolute Gasteiger partial charge is 0.409 e. The first-order valence-corrected chi connectivity index (χ1v) is 4.24. The van der Waals surface area contributed by atoms with Gasteiger partial charge in [-0.25, -0.2) is 8.78 Å². The van der Waals surface area contributed by atoms with E-state index in [2.05, 4.69) is 10.5 Å². The van der Waals surface area contributed by atoms with Gasteiger partial charge >= 0.3 is 0 Å². The molecule has 0 saturated heterocycles. The highest BCUT2D eigenvalue weighted by Gasteiger charge is 2.03. The van der Waals surface area contributed by atoms with Crippen LogP contribution in [0.25, 0.3) is 0 Å². The zero-order chi connectivity index (χ0) is 11.3. The second-order valence-electron chi connectivity index (χ2n) is 2.93. The predicted octanol–water partition coefficient (Wildman–Crippen LogP) is 0.801. The molecule has 1 rings (SSSR count). The van der Waals surface area contributed by atoms with Crippen LogP contribution in [-0.4, -0.2) is 17.6 Å². The van der Waals surface area contributed by atoms with Gasteiger partial charge in [0.1, 0.15) is 11.6 Å². The van der Waals surface area contributed by atoms with Crippen LogP contribution in [0, 0.1) is 11.6 Å². The fourth-order valence-electron chi connectivity index (χ4n) is 1.03. The monoisotopic (exact) mass is 215 g/mol. The molecule has 0 radical (unpaired) electrons. The molecule has 0 heterocycles. The molecule has 0 aliphatic heterocycles. The molecule has 0 aromatic heterocycles. The Hall–Kier alpha value is -1.69. The number of amidine groups is 1. The normalized spacial score (nSPS) is 11.7. The third-order valence-electron chi connectivity index (χ3n) is 1.77. The van der Waals surface area contributed by atoms with Gasteiger partial charge in [-0.2, -0.15) is 0 Å². The van der Waals surface area contributed by atoms with Gasteiger partial charge in [-0.1, -0.05) is 11.2 Å². The molecule has 15 heavy (non-hydrogen) atoms. The molecule has 0 saturated carbocycles. The quantitative estimate of drug-likeness (QED) is 0.301. The third-order valence-corrected chi connectivity index (χ3v) is 1.77. The summed E-state index contributed by atoms with van der Waals surface area (Å²) in [6.07, 6.45) is 0. The Morgan fingerprint density at radius 2 is 2.20 bits per heavy atom. The Morgan fingerprint density at radius 3 is 2.80 bits per heavy atom. The first-order valence-electron chi connectivity index (χ1n) is 4.24. The minimum atomic E-state index is -0.623. The van der Waals surface area contributed by atoms with Gasteiger partial charge in [0.2, 0.25) is 0 Å². The van der Waals surface area contributed by atoms with E-state index in [-0.39, 0.29) is 18.9 Å². The number of benzene rings is 1. The molecule has 6 heteroatoms. The lowest BCUT2D eigenvalue weighted by atomic mass is 10.2. The van der Waals surface area contributed by atoms with Crippen LogP contribution in [0.15, 0.2) is 23.4 Å². The highest BCUT2D eigenvalue weighted by Crippen LogP contribution is 2.08. The standard InChI is InChI=1S/C9H11F2N3O/c10-7-2-1-6(8(11)3-7)4-13-5-9(12)14-15/h1-3,13,15H,4-5H2,(H2,12,14). The number of hydrogen-bond acceptors (Lipinski definition) is 3. The summed E-state index contributed by atoms with van der Waals surface area (Å²) in [5, 5.41) is 13.7. The van der Waals surface area contributed by atoms with E-state index in [1.165, 1.54) is 12.1 Å². The predicted molar refractivity (Wildman–Crippen MR) is 51.5 cm³/mol. The Kier molecular flexibility index (Phi) is 3.99. The van der Waals surface area contributed by atoms with Crippen molar-refractivity contribution in [1.82, 2.24) is 5.32 Å². The lowest BCUT2D eigenvalue weighted by Gasteiger charge is -2.04. The molecule has 0 aliphatic rings. The summed E-state index contributed by atoms with van der Waals surface area (Å²) in [5.74, 6) is -1.24. The minimum absolute atomic E-state index is 0.00230. The van der Waals surface area contributed by atoms with Gasteiger partial charge < -0.3 is 16.3 Å². The van der Waals surface area contributed by atoms with Crippen molar-refractivity contribution in [3.8, 4) is 0 Å². The number of rotatable bonds is 4. The van der Waals surface area contributed by atoms with E-state index in [9.17, 15) is 8.78 Å². The summed E-state index contributed by atoms with van der Waals surface area (Å²) in [6.45, 7) is 0.315. The van der Waals surface area contributed by atoms with Crippen LogP contribution in [-0.2, 0) is 6.54 Å². The van der Waals surface area contributed by atoms with Crippen LogP contribution in [0.1, 0.15) is 5.56 Å². The Balaban J connectivity index is 2.51. The SMILES string of the molecule is NC(CNCc1ccc(F)cc1F)=NO. The topological polar surface area (TPSA) is 70.6 Å². The molecule has 0 bridgehead atoms. The molecule has 0 atom stereocenters. The van der Waals surface area contributed by atoms with E-state index in [0.29, 0.717) is 5.56 Å². The molecule has 4 N–H and O–H groups in total. The minimum Gasteiger partial charge on any atom is -0.409 e. The first kappa shape index (κ1) is 11.4. The molecule has 82 valence electrons. The molecule has 0 amide bonds. The van der Waals surface area contributed by atoms with E-state index < -0.39 is 11.6 Å². The highest BCUT2D eigenvalue weighted by atomic mass is 19.1. The zero-order valence-corrected chi connectivity index (χ0v) is 7.87. The Morgan fingerprint density at radius 1 is 1.47 bits per heavy atom. The third kappa shape index (κ3) is 3.51. The fourth-order valence-corrected chi connectivity index (χ4v) is 1.03. The van der Waals surface area contributed by atoms with Crippen molar-refractivity contribution in [2.75, 3.05) is 6.54 Å². The average Bonchev–Trinajstić information content (AvgIpc) is 2.21. The van der Waals surface area contributed by atoms with Crippen molar-refractivity contribution in [1.29, 1.82) is 0 Å². The second-order valence-corrected chi connectivity index (χ2v) is 2.93. The van der Waals surface area contributed by atoms with Crippen molar-refractivity contribution >= 4 is 5.84 Å². The highest BCUT2D eigenvalue weighted by molar-refractivity contribution is 5.81. The lowest BCUT2D eigenvalue weighted by molar-refractivity contribution is 0.317. The van der Waals surface area contributed by atoms with E-state index in [4.69, 9.17) is 10.9 Å². The average molecular weight is 215 g/mol. The van der Waals surface area contributed by atoms with Gasteiger partial charge in [0.25, 0.3) is 0 Å². The van der Waals surface area contributed by atoms with Crippen LogP contribution in [0.5, 0.6) is 0 Å². The maximum atomic E-state index is 13.1. The van der Waals surface area contributed by atoms with E-state index in [1.54, 1.807) is 0 Å². The van der Waals surface area contributed by atoms with Crippen LogP contribution < -0.4 is 11.1 Å². The summed E-state index contributed by atoms with van der Waals surface area (Å²) >= 11 is 0. The van der Waals surface area contributed by atoms with Gasteiger partial charge in [0.05, 0.1) is 6.54 Å². The Labute approximate surface area is 85.4 Å². The lowest BCUT2D eigenvalue weighted by Crippen LogP contribution is -2.28. The van der Waals surface area contributed by atoms with Gasteiger partial charge in [-0.3, -0.25) is 0 Å². The zero-order valence-electron chi connectivity index (χ0n) is 7.87. The number of nitrogens with one attached hydrogen (secondary N) is 1. The van der Waals surface area contributed by atoms with Gasteiger partial charge in [-0.15, -0.1) is 0 Å². The van der Waals surface area contributed by atoms with Gasteiger partial charge in [0, 0.05) is 18.2 Å². The van der Waals surface area contributed by atoms with Crippen molar-refractivity contribution in [2.24, 2.45) is 10.9 Å². The Bertz CT molecular complexity index is 368. The van der Waals surface area contributed by atoms with E-state index >= 15 is 0 Å². The van der Waals surface area contributed by atoms with Crippen molar-refractivity contribution in [3.05, 3.63) is 35.4 Å². The van der Waals surface area contributed by atoms with Crippen molar-refractivity contribution in [2.45, 2.75) is 6.54 Å². The number of halogens is 2. The van der Waals surface area contributed by atoms with Crippen LogP contribution >= 0.6 is 0 Å². The maximum absolute atomic E-state index is 13.1. The van der Waals surface area contributed by atoms with Crippen LogP contribution in [0.4, 0.5) is 8.78 Å². The van der Waals surface area contributed by atoms with E-state index in [1.807, 2.05) is 0 Å². The molecule has 1 aromatic carbocycles. The molecule has 1 aromatic rings. The summed E-state index contributed by atoms with van der Waals surface area (Å²) in [6, 6.07) is 3.31. The smallest absolute Gasteiger partial charge is 0.153 e. The number of nitrogens with two attached hydrogens (primary N) is 1. The molecule has 0 unspecified atom stereocenters. The summed E-state index contributed by atoms with van der Waals surface area (Å²) in [4.78, 5) is 0. The molecular formula is C9H11F2N3O. The maximum Gasteiger partial charge on any atom is 0.153 e. The summed E-state index contributed by atoms with van der Waals surface area (Å²) < 4.78 is 25.6. The number of oxime groups is 1. The molecule has 4 nitrogen and oxygen atoms in total. The second kappa shape index (κ2) is 5.26. The van der Waals surface area contributed by atoms with Crippen LogP contribution in [0.2, 0.25) is 0 Å². The molecular weight excluding hydrogens is 204 g/mol. The number of hydrogen-bond donors (Lipinski definition) is 3. The first-order chi connectivity index (χ1) is 7.13. The molecule has 0 spiro atoms. The summed E-state index contributed by atoms with van der Waals surface area (Å²) in [7, 11) is 0. The van der Waals surface area contributed by atoms with Gasteiger partial charge in [0.15, 0.2) is 5.84 Å². The molecule has 0 fully saturated rings. The summed E-state index contributed by atoms with van der Waals surface area (Å²) in [5.41, 5.74) is 5.50. The fraction of sp³-hybridized carbons (Fsp3) is 0.222. The van der Waals surface area contributed by atoms with Gasteiger partial charge in [-0.05, 0) is 6.07 Å². The van der Waals surface area contributed by atoms with Crippen molar-refractivity contribution < 1.29 is 14.0 Å². The van der Waals surface area contributed by atoms with E-state index in [0.717, 1.165) is 6.07 Å². The van der Waals surface area contributed by atoms with Crippen molar-refractivity contribution in [3.63, 3.8) is 0 Å².